The van der Waals surface area contributed by atoms with Gasteiger partial charge in [-0.25, -0.2) is 4.79 Å². The molecule has 4 aromatic carbocycles. The van der Waals surface area contributed by atoms with Gasteiger partial charge in [0.1, 0.15) is 17.1 Å². The number of benzene rings is 4. The third-order valence-corrected chi connectivity index (χ3v) is 8.19. The van der Waals surface area contributed by atoms with Crippen molar-refractivity contribution in [3.8, 4) is 11.5 Å². The summed E-state index contributed by atoms with van der Waals surface area (Å²) in [6.45, 7) is 4.65. The fourth-order valence-corrected chi connectivity index (χ4v) is 6.06. The lowest BCUT2D eigenvalue weighted by Gasteiger charge is -2.43. The molecule has 0 saturated heterocycles. The fourth-order valence-electron chi connectivity index (χ4n) is 6.06. The van der Waals surface area contributed by atoms with E-state index in [-0.39, 0.29) is 22.3 Å². The second kappa shape index (κ2) is 11.3. The predicted molar refractivity (Wildman–Crippen MR) is 172 cm³/mol. The summed E-state index contributed by atoms with van der Waals surface area (Å²) >= 11 is 0. The Balaban J connectivity index is 1.52. The molecule has 0 bridgehead atoms. The average Bonchev–Trinajstić information content (AvgIpc) is 3.02. The molecule has 1 aliphatic rings. The zero-order chi connectivity index (χ0) is 32.9. The van der Waals surface area contributed by atoms with Crippen molar-refractivity contribution in [3.63, 3.8) is 0 Å². The van der Waals surface area contributed by atoms with E-state index >= 15 is 0 Å². The van der Waals surface area contributed by atoms with Crippen LogP contribution in [0.2, 0.25) is 0 Å². The molecule has 11 nitrogen and oxygen atoms in total. The number of carbonyl (C=O) groups is 2. The number of aromatic nitrogens is 1. The van der Waals surface area contributed by atoms with Gasteiger partial charge >= 0.3 is 11.9 Å². The standard InChI is InChI=1S/C35H30N2O9/c1-19(38)44-33-30-27(46-35(2,3)34(33)45-28(39)15-12-20-10-13-23(14-11-20)37(41)42)18-26(43-5)29-31(30)36(4)25-17-22-9-7-6-8-21(22)16-24(25)32(29)40/h6-18,33-34H,1-5H3/b15-12+/t33-,34-/m1/s1. The third kappa shape index (κ3) is 5.19. The normalized spacial score (nSPS) is 17.1. The number of methoxy groups -OCH3 is 1. The Morgan fingerprint density at radius 1 is 1.02 bits per heavy atom. The molecule has 2 heterocycles. The number of fused-ring (bicyclic) bond motifs is 5. The Kier molecular flexibility index (Phi) is 7.47. The summed E-state index contributed by atoms with van der Waals surface area (Å²) in [6, 6.07) is 18.7. The van der Waals surface area contributed by atoms with E-state index in [0.29, 0.717) is 33.3 Å². The first-order chi connectivity index (χ1) is 21.9. The van der Waals surface area contributed by atoms with Crippen LogP contribution in [-0.2, 0) is 26.1 Å². The van der Waals surface area contributed by atoms with E-state index in [0.717, 1.165) is 10.8 Å². The molecule has 1 aromatic heterocycles. The Labute approximate surface area is 262 Å². The minimum absolute atomic E-state index is 0.0806. The maximum absolute atomic E-state index is 14.2. The van der Waals surface area contributed by atoms with Crippen LogP contribution in [0.1, 0.15) is 38.0 Å². The molecule has 46 heavy (non-hydrogen) atoms. The number of hydrogen-bond donors (Lipinski definition) is 0. The molecular weight excluding hydrogens is 592 g/mol. The zero-order valence-corrected chi connectivity index (χ0v) is 25.7. The number of nitro benzene ring substituents is 1. The molecule has 5 aromatic rings. The van der Waals surface area contributed by atoms with E-state index in [1.54, 1.807) is 27.0 Å². The highest BCUT2D eigenvalue weighted by Crippen LogP contribution is 2.49. The maximum atomic E-state index is 14.2. The molecule has 0 saturated carbocycles. The molecule has 0 unspecified atom stereocenters. The number of non-ortho nitro benzene ring substituents is 1. The number of pyridine rings is 1. The van der Waals surface area contributed by atoms with E-state index in [4.69, 9.17) is 18.9 Å². The smallest absolute Gasteiger partial charge is 0.331 e. The lowest BCUT2D eigenvalue weighted by atomic mass is 9.86. The summed E-state index contributed by atoms with van der Waals surface area (Å²) in [5, 5.41) is 13.5. The van der Waals surface area contributed by atoms with Gasteiger partial charge in [-0.3, -0.25) is 19.7 Å². The van der Waals surface area contributed by atoms with Crippen LogP contribution in [0.15, 0.2) is 77.6 Å². The van der Waals surface area contributed by atoms with Crippen molar-refractivity contribution in [1.82, 2.24) is 4.57 Å². The lowest BCUT2D eigenvalue weighted by Crippen LogP contribution is -2.52. The van der Waals surface area contributed by atoms with Gasteiger partial charge in [0.15, 0.2) is 12.2 Å². The van der Waals surface area contributed by atoms with Gasteiger partial charge in [0.25, 0.3) is 5.69 Å². The lowest BCUT2D eigenvalue weighted by molar-refractivity contribution is -0.384. The first kappa shape index (κ1) is 30.3. The highest BCUT2D eigenvalue weighted by atomic mass is 16.6. The number of carbonyl (C=O) groups excluding carboxylic acids is 2. The minimum atomic E-state index is -1.20. The Morgan fingerprint density at radius 3 is 2.33 bits per heavy atom. The van der Waals surface area contributed by atoms with Crippen LogP contribution in [0, 0.1) is 10.1 Å². The monoisotopic (exact) mass is 622 g/mol. The van der Waals surface area contributed by atoms with Crippen molar-refractivity contribution in [2.45, 2.75) is 38.6 Å². The summed E-state index contributed by atoms with van der Waals surface area (Å²) in [4.78, 5) is 50.4. The number of rotatable bonds is 6. The molecule has 2 atom stereocenters. The highest BCUT2D eigenvalue weighted by molar-refractivity contribution is 6.04. The van der Waals surface area contributed by atoms with Crippen LogP contribution in [0.5, 0.6) is 11.5 Å². The van der Waals surface area contributed by atoms with Crippen LogP contribution < -0.4 is 14.9 Å². The molecule has 234 valence electrons. The molecule has 0 N–H and O–H groups in total. The van der Waals surface area contributed by atoms with Crippen molar-refractivity contribution < 1.29 is 33.5 Å². The third-order valence-electron chi connectivity index (χ3n) is 8.19. The molecule has 0 radical (unpaired) electrons. The van der Waals surface area contributed by atoms with Gasteiger partial charge in [-0.2, -0.15) is 0 Å². The second-order valence-corrected chi connectivity index (χ2v) is 11.6. The first-order valence-corrected chi connectivity index (χ1v) is 14.4. The van der Waals surface area contributed by atoms with Crippen LogP contribution in [0.25, 0.3) is 38.7 Å². The Hall–Kier alpha value is -5.71. The predicted octanol–water partition coefficient (Wildman–Crippen LogP) is 6.16. The van der Waals surface area contributed by atoms with E-state index in [9.17, 15) is 24.5 Å². The van der Waals surface area contributed by atoms with Crippen molar-refractivity contribution in [1.29, 1.82) is 0 Å². The quantitative estimate of drug-likeness (QED) is 0.0717. The van der Waals surface area contributed by atoms with Gasteiger partial charge in [-0.1, -0.05) is 24.3 Å². The fraction of sp³-hybridized carbons (Fsp3) is 0.229. The number of hydrogen-bond acceptors (Lipinski definition) is 9. The number of nitrogens with zero attached hydrogens (tertiary/aromatic N) is 2. The highest BCUT2D eigenvalue weighted by Gasteiger charge is 2.50. The molecule has 1 aliphatic heterocycles. The summed E-state index contributed by atoms with van der Waals surface area (Å²) in [5.74, 6) is -0.797. The van der Waals surface area contributed by atoms with E-state index in [1.165, 1.54) is 50.5 Å². The van der Waals surface area contributed by atoms with Crippen molar-refractivity contribution >= 4 is 56.3 Å². The first-order valence-electron chi connectivity index (χ1n) is 14.4. The molecule has 11 heteroatoms. The minimum Gasteiger partial charge on any atom is -0.496 e. The topological polar surface area (TPSA) is 136 Å². The van der Waals surface area contributed by atoms with Crippen molar-refractivity contribution in [2.24, 2.45) is 7.05 Å². The molecule has 0 aliphatic carbocycles. The van der Waals surface area contributed by atoms with Crippen molar-refractivity contribution in [3.05, 3.63) is 104 Å². The van der Waals surface area contributed by atoms with E-state index in [1.807, 2.05) is 41.0 Å². The Bertz CT molecular complexity index is 2160. The molecule has 6 rings (SSSR count). The number of ether oxygens (including phenoxy) is 4. The van der Waals surface area contributed by atoms with E-state index in [2.05, 4.69) is 0 Å². The summed E-state index contributed by atoms with van der Waals surface area (Å²) < 4.78 is 25.8. The number of esters is 2. The largest absolute Gasteiger partial charge is 0.496 e. The summed E-state index contributed by atoms with van der Waals surface area (Å²) in [5.41, 5.74) is 0.383. The number of aryl methyl sites for hydroxylation is 1. The Morgan fingerprint density at radius 2 is 1.70 bits per heavy atom. The average molecular weight is 623 g/mol. The molecular formula is C35H30N2O9. The summed E-state index contributed by atoms with van der Waals surface area (Å²) in [7, 11) is 3.27. The van der Waals surface area contributed by atoms with Gasteiger partial charge < -0.3 is 23.5 Å². The maximum Gasteiger partial charge on any atom is 0.331 e. The van der Waals surface area contributed by atoms with Gasteiger partial charge in [0.05, 0.1) is 34.0 Å². The van der Waals surface area contributed by atoms with Gasteiger partial charge in [-0.15, -0.1) is 0 Å². The van der Waals surface area contributed by atoms with Gasteiger partial charge in [0.2, 0.25) is 5.43 Å². The van der Waals surface area contributed by atoms with Gasteiger partial charge in [-0.05, 0) is 60.5 Å². The molecule has 0 amide bonds. The van der Waals surface area contributed by atoms with Gasteiger partial charge in [0, 0.05) is 43.6 Å². The second-order valence-electron chi connectivity index (χ2n) is 11.6. The number of nitro groups is 1. The van der Waals surface area contributed by atoms with Crippen LogP contribution in [0.4, 0.5) is 5.69 Å². The van der Waals surface area contributed by atoms with Crippen LogP contribution >= 0.6 is 0 Å². The van der Waals surface area contributed by atoms with Crippen LogP contribution in [0.3, 0.4) is 0 Å². The van der Waals surface area contributed by atoms with E-state index < -0.39 is 34.7 Å². The molecule has 0 spiro atoms. The van der Waals surface area contributed by atoms with Crippen molar-refractivity contribution in [2.75, 3.05) is 7.11 Å². The summed E-state index contributed by atoms with van der Waals surface area (Å²) in [6.07, 6.45) is 0.331. The van der Waals surface area contributed by atoms with Crippen LogP contribution in [-0.4, -0.2) is 40.2 Å². The molecule has 0 fully saturated rings. The SMILES string of the molecule is COc1cc2c(c3c1c(=O)c1cc4ccccc4cc1n3C)[C@@H](OC(C)=O)[C@@H](OC(=O)/C=C/c1ccc([N+](=O)[O-])cc1)C(C)(C)O2. The zero-order valence-electron chi connectivity index (χ0n) is 25.7.